The second kappa shape index (κ2) is 9.07. The monoisotopic (exact) mass is 442 g/mol. The van der Waals surface area contributed by atoms with Gasteiger partial charge in [0.05, 0.1) is 22.8 Å². The fourth-order valence-corrected chi connectivity index (χ4v) is 4.47. The molecule has 1 fully saturated rings. The number of carbonyl (C=O) groups excluding carboxylic acids is 1. The first kappa shape index (κ1) is 23.4. The molecule has 0 atom stereocenters. The van der Waals surface area contributed by atoms with Gasteiger partial charge in [-0.1, -0.05) is 12.1 Å². The topological polar surface area (TPSA) is 131 Å². The summed E-state index contributed by atoms with van der Waals surface area (Å²) in [6.45, 7) is 10.4. The number of piperidine rings is 1. The van der Waals surface area contributed by atoms with Crippen molar-refractivity contribution in [1.82, 2.24) is 15.3 Å². The van der Waals surface area contributed by atoms with Crippen LogP contribution in [0.5, 0.6) is 0 Å². The lowest BCUT2D eigenvalue weighted by molar-refractivity contribution is -0.383. The number of anilines is 3. The van der Waals surface area contributed by atoms with Crippen molar-refractivity contribution in [1.29, 1.82) is 0 Å². The Morgan fingerprint density at radius 3 is 2.44 bits per heavy atom. The highest BCUT2D eigenvalue weighted by Gasteiger charge is 2.38. The van der Waals surface area contributed by atoms with Crippen LogP contribution in [0.2, 0.25) is 0 Å². The van der Waals surface area contributed by atoms with Crippen LogP contribution in [0.15, 0.2) is 30.6 Å². The van der Waals surface area contributed by atoms with Crippen LogP contribution in [-0.2, 0) is 4.74 Å². The predicted molar refractivity (Wildman–Crippen MR) is 122 cm³/mol. The molecule has 32 heavy (non-hydrogen) atoms. The molecule has 10 nitrogen and oxygen atoms in total. The second-order valence-corrected chi connectivity index (χ2v) is 9.21. The van der Waals surface area contributed by atoms with E-state index in [1.54, 1.807) is 31.2 Å². The highest BCUT2D eigenvalue weighted by Crippen LogP contribution is 2.35. The van der Waals surface area contributed by atoms with Gasteiger partial charge in [0.15, 0.2) is 0 Å². The zero-order valence-corrected chi connectivity index (χ0v) is 19.1. The summed E-state index contributed by atoms with van der Waals surface area (Å²) in [5, 5.41) is 21.8. The zero-order chi connectivity index (χ0) is 23.5. The van der Waals surface area contributed by atoms with Gasteiger partial charge in [0.2, 0.25) is 11.6 Å². The van der Waals surface area contributed by atoms with Crippen molar-refractivity contribution < 1.29 is 14.5 Å². The van der Waals surface area contributed by atoms with Crippen LogP contribution in [-0.4, -0.2) is 44.6 Å². The number of benzene rings is 1. The molecular weight excluding hydrogens is 412 g/mol. The lowest BCUT2D eigenvalue weighted by Gasteiger charge is -2.46. The smallest absolute Gasteiger partial charge is 0.353 e. The van der Waals surface area contributed by atoms with E-state index in [4.69, 9.17) is 4.74 Å². The number of hydrogen-bond acceptors (Lipinski definition) is 9. The molecule has 1 aliphatic rings. The third kappa shape index (κ3) is 5.50. The molecule has 3 N–H and O–H groups in total. The molecule has 3 rings (SSSR count). The van der Waals surface area contributed by atoms with Crippen molar-refractivity contribution in [2.24, 2.45) is 0 Å². The number of nitro groups is 1. The Balaban J connectivity index is 1.93. The number of para-hydroxylation sites is 1. The maximum absolute atomic E-state index is 12.3. The molecule has 0 saturated carbocycles. The zero-order valence-electron chi connectivity index (χ0n) is 19.1. The summed E-state index contributed by atoms with van der Waals surface area (Å²) in [6, 6.07) is 6.62. The van der Waals surface area contributed by atoms with Gasteiger partial charge in [-0.2, -0.15) is 0 Å². The number of aromatic nitrogens is 2. The number of rotatable bonds is 7. The van der Waals surface area contributed by atoms with Gasteiger partial charge >= 0.3 is 11.7 Å². The van der Waals surface area contributed by atoms with Crippen molar-refractivity contribution in [2.75, 3.05) is 17.2 Å². The predicted octanol–water partition coefficient (Wildman–Crippen LogP) is 4.03. The summed E-state index contributed by atoms with van der Waals surface area (Å²) in [6.07, 6.45) is 2.81. The van der Waals surface area contributed by atoms with Gasteiger partial charge < -0.3 is 20.7 Å². The molecule has 172 valence electrons. The molecule has 2 heterocycles. The van der Waals surface area contributed by atoms with Crippen LogP contribution < -0.4 is 16.0 Å². The Labute approximate surface area is 187 Å². The minimum Gasteiger partial charge on any atom is -0.462 e. The SMILES string of the molecule is CCOC(=O)c1ccccc1Nc1ncnc(NC2CC(C)(C)NC(C)(C)C2)c1[N+](=O)[O-]. The van der Waals surface area contributed by atoms with E-state index in [0.717, 1.165) is 12.8 Å². The van der Waals surface area contributed by atoms with E-state index in [-0.39, 0.29) is 46.6 Å². The molecule has 0 unspecified atom stereocenters. The molecular formula is C22H30N6O4. The number of nitrogens with zero attached hydrogens (tertiary/aromatic N) is 3. The molecule has 10 heteroatoms. The number of hydrogen-bond donors (Lipinski definition) is 3. The highest BCUT2D eigenvalue weighted by molar-refractivity contribution is 5.96. The maximum atomic E-state index is 12.3. The second-order valence-electron chi connectivity index (χ2n) is 9.21. The molecule has 1 saturated heterocycles. The summed E-state index contributed by atoms with van der Waals surface area (Å²) in [5.41, 5.74) is 0.0728. The standard InChI is InChI=1S/C22H30N6O4/c1-6-32-20(29)15-9-7-8-10-16(15)26-19-17(28(30)31)18(23-13-24-19)25-14-11-21(2,3)27-22(4,5)12-14/h7-10,13-14,27H,6,11-12H2,1-5H3,(H2,23,24,25,26). The molecule has 2 aromatic rings. The number of nitrogens with one attached hydrogen (secondary N) is 3. The van der Waals surface area contributed by atoms with E-state index in [9.17, 15) is 14.9 Å². The van der Waals surface area contributed by atoms with Crippen LogP contribution >= 0.6 is 0 Å². The van der Waals surface area contributed by atoms with Gasteiger partial charge in [0.1, 0.15) is 6.33 Å². The summed E-state index contributed by atoms with van der Waals surface area (Å²) in [7, 11) is 0. The summed E-state index contributed by atoms with van der Waals surface area (Å²) < 4.78 is 5.08. The van der Waals surface area contributed by atoms with Crippen LogP contribution in [0.3, 0.4) is 0 Å². The van der Waals surface area contributed by atoms with Crippen molar-refractivity contribution in [3.8, 4) is 0 Å². The maximum Gasteiger partial charge on any atom is 0.353 e. The normalized spacial score (nSPS) is 17.4. The first-order valence-corrected chi connectivity index (χ1v) is 10.6. The first-order valence-electron chi connectivity index (χ1n) is 10.6. The Bertz CT molecular complexity index is 992. The van der Waals surface area contributed by atoms with E-state index >= 15 is 0 Å². The van der Waals surface area contributed by atoms with Gasteiger partial charge in [-0.15, -0.1) is 0 Å². The minimum atomic E-state index is -0.523. The van der Waals surface area contributed by atoms with Gasteiger partial charge in [-0.25, -0.2) is 14.8 Å². The fourth-order valence-electron chi connectivity index (χ4n) is 4.47. The van der Waals surface area contributed by atoms with E-state index in [2.05, 4.69) is 53.6 Å². The number of ether oxygens (including phenoxy) is 1. The highest BCUT2D eigenvalue weighted by atomic mass is 16.6. The van der Waals surface area contributed by atoms with E-state index < -0.39 is 10.9 Å². The van der Waals surface area contributed by atoms with Gasteiger partial charge in [0.25, 0.3) is 0 Å². The molecule has 0 aliphatic carbocycles. The third-order valence-corrected chi connectivity index (χ3v) is 5.21. The molecule has 1 aromatic heterocycles. The number of carbonyl (C=O) groups is 1. The molecule has 0 radical (unpaired) electrons. The Morgan fingerprint density at radius 1 is 1.19 bits per heavy atom. The molecule has 0 spiro atoms. The average Bonchev–Trinajstić information content (AvgIpc) is 2.66. The molecule has 1 aliphatic heterocycles. The van der Waals surface area contributed by atoms with Gasteiger partial charge in [-0.05, 0) is 59.6 Å². The summed E-state index contributed by atoms with van der Waals surface area (Å²) in [5.74, 6) is -0.388. The summed E-state index contributed by atoms with van der Waals surface area (Å²) >= 11 is 0. The lowest BCUT2D eigenvalue weighted by atomic mass is 9.79. The van der Waals surface area contributed by atoms with Crippen LogP contribution in [0.4, 0.5) is 23.0 Å². The van der Waals surface area contributed by atoms with Crippen LogP contribution in [0, 0.1) is 10.1 Å². The van der Waals surface area contributed by atoms with Crippen LogP contribution in [0.1, 0.15) is 57.8 Å². The van der Waals surface area contributed by atoms with Crippen molar-refractivity contribution in [3.63, 3.8) is 0 Å². The molecule has 0 bridgehead atoms. The Hall–Kier alpha value is -3.27. The minimum absolute atomic E-state index is 0.00305. The van der Waals surface area contributed by atoms with E-state index in [1.807, 2.05) is 0 Å². The largest absolute Gasteiger partial charge is 0.462 e. The number of esters is 1. The van der Waals surface area contributed by atoms with E-state index in [1.165, 1.54) is 6.33 Å². The van der Waals surface area contributed by atoms with Gasteiger partial charge in [-0.3, -0.25) is 10.1 Å². The lowest BCUT2D eigenvalue weighted by Crippen LogP contribution is -2.60. The van der Waals surface area contributed by atoms with E-state index in [0.29, 0.717) is 5.69 Å². The quantitative estimate of drug-likeness (QED) is 0.330. The van der Waals surface area contributed by atoms with Crippen LogP contribution in [0.25, 0.3) is 0 Å². The summed E-state index contributed by atoms with van der Waals surface area (Å²) in [4.78, 5) is 32.0. The fraction of sp³-hybridized carbons (Fsp3) is 0.500. The molecule has 0 amide bonds. The van der Waals surface area contributed by atoms with Crippen molar-refractivity contribution >= 4 is 29.0 Å². The van der Waals surface area contributed by atoms with Crippen molar-refractivity contribution in [2.45, 2.75) is 64.6 Å². The Kier molecular flexibility index (Phi) is 6.63. The molecule has 1 aromatic carbocycles. The van der Waals surface area contributed by atoms with Gasteiger partial charge in [0, 0.05) is 17.1 Å². The third-order valence-electron chi connectivity index (χ3n) is 5.21. The average molecular weight is 443 g/mol. The van der Waals surface area contributed by atoms with Crippen molar-refractivity contribution in [3.05, 3.63) is 46.3 Å². The Morgan fingerprint density at radius 2 is 1.81 bits per heavy atom. The first-order chi connectivity index (χ1) is 15.0.